The SMILES string of the molecule is CCO[P+](CC)(CC)Oc1ccc(Cl)cc1. The molecule has 16 heavy (non-hydrogen) atoms. The average Bonchev–Trinajstić information content (AvgIpc) is 2.31. The average molecular weight is 262 g/mol. The smallest absolute Gasteiger partial charge is 0.319 e. The predicted molar refractivity (Wildman–Crippen MR) is 71.7 cm³/mol. The van der Waals surface area contributed by atoms with Crippen molar-refractivity contribution in [3.63, 3.8) is 0 Å². The summed E-state index contributed by atoms with van der Waals surface area (Å²) in [5.41, 5.74) is 0. The molecule has 0 aromatic heterocycles. The minimum Gasteiger partial charge on any atom is -0.320 e. The molecule has 0 N–H and O–H groups in total. The Hall–Kier alpha value is -0.300. The van der Waals surface area contributed by atoms with Crippen molar-refractivity contribution >= 4 is 19.3 Å². The maximum atomic E-state index is 6.03. The molecule has 0 aliphatic carbocycles. The number of halogens is 1. The van der Waals surface area contributed by atoms with Gasteiger partial charge in [-0.3, -0.25) is 0 Å². The zero-order valence-corrected chi connectivity index (χ0v) is 11.7. The van der Waals surface area contributed by atoms with Gasteiger partial charge < -0.3 is 4.52 Å². The molecule has 0 saturated carbocycles. The Bertz CT molecular complexity index is 309. The van der Waals surface area contributed by atoms with Crippen molar-refractivity contribution in [1.29, 1.82) is 0 Å². The molecular weight excluding hydrogens is 243 g/mol. The second-order valence-electron chi connectivity index (χ2n) is 3.41. The summed E-state index contributed by atoms with van der Waals surface area (Å²) < 4.78 is 11.8. The van der Waals surface area contributed by atoms with Crippen LogP contribution < -0.4 is 4.52 Å². The van der Waals surface area contributed by atoms with Gasteiger partial charge in [0, 0.05) is 5.02 Å². The van der Waals surface area contributed by atoms with Crippen molar-refractivity contribution in [2.24, 2.45) is 0 Å². The number of rotatable bonds is 6. The maximum Gasteiger partial charge on any atom is 0.319 e. The molecule has 0 aliphatic rings. The fourth-order valence-corrected chi connectivity index (χ4v) is 3.71. The summed E-state index contributed by atoms with van der Waals surface area (Å²) in [7, 11) is -1.74. The second kappa shape index (κ2) is 6.44. The van der Waals surface area contributed by atoms with Gasteiger partial charge in [0.2, 0.25) is 0 Å². The van der Waals surface area contributed by atoms with Crippen LogP contribution in [-0.4, -0.2) is 18.9 Å². The topological polar surface area (TPSA) is 18.5 Å². The van der Waals surface area contributed by atoms with Crippen molar-refractivity contribution in [3.05, 3.63) is 29.3 Å². The second-order valence-corrected chi connectivity index (χ2v) is 7.18. The summed E-state index contributed by atoms with van der Waals surface area (Å²) in [5.74, 6) is 0.842. The van der Waals surface area contributed by atoms with Gasteiger partial charge in [-0.2, -0.15) is 4.52 Å². The van der Waals surface area contributed by atoms with Crippen molar-refractivity contribution < 1.29 is 9.05 Å². The third kappa shape index (κ3) is 3.62. The van der Waals surface area contributed by atoms with Gasteiger partial charge in [0.15, 0.2) is 5.75 Å². The van der Waals surface area contributed by atoms with Gasteiger partial charge >= 0.3 is 7.72 Å². The monoisotopic (exact) mass is 261 g/mol. The van der Waals surface area contributed by atoms with Crippen molar-refractivity contribution in [2.75, 3.05) is 18.9 Å². The highest BCUT2D eigenvalue weighted by molar-refractivity contribution is 7.66. The Labute approximate surface area is 103 Å². The minimum atomic E-state index is -1.74. The Kier molecular flexibility index (Phi) is 5.54. The molecule has 2 nitrogen and oxygen atoms in total. The Morgan fingerprint density at radius 2 is 1.62 bits per heavy atom. The molecule has 0 radical (unpaired) electrons. The van der Waals surface area contributed by atoms with Gasteiger partial charge in [0.05, 0.1) is 6.61 Å². The highest BCUT2D eigenvalue weighted by Crippen LogP contribution is 2.59. The number of hydrogen-bond acceptors (Lipinski definition) is 2. The van der Waals surface area contributed by atoms with E-state index in [0.717, 1.165) is 23.1 Å². The van der Waals surface area contributed by atoms with E-state index in [1.54, 1.807) is 0 Å². The zero-order valence-electron chi connectivity index (χ0n) is 10.1. The quantitative estimate of drug-likeness (QED) is 0.695. The van der Waals surface area contributed by atoms with E-state index in [1.807, 2.05) is 31.2 Å². The standard InChI is InChI=1S/C12H19ClO2P/c1-4-14-16(5-2,6-3)15-12-9-7-11(13)8-10-12/h7-10H,4-6H2,1-3H3/q+1. The third-order valence-corrected chi connectivity index (χ3v) is 5.86. The number of benzene rings is 1. The van der Waals surface area contributed by atoms with Gasteiger partial charge in [-0.05, 0) is 45.0 Å². The largest absolute Gasteiger partial charge is 0.320 e. The van der Waals surface area contributed by atoms with Crippen LogP contribution in [0.2, 0.25) is 5.02 Å². The van der Waals surface area contributed by atoms with E-state index in [-0.39, 0.29) is 0 Å². The van der Waals surface area contributed by atoms with Crippen LogP contribution in [0.3, 0.4) is 0 Å². The lowest BCUT2D eigenvalue weighted by Gasteiger charge is -2.21. The highest BCUT2D eigenvalue weighted by Gasteiger charge is 2.39. The Morgan fingerprint density at radius 3 is 2.06 bits per heavy atom. The van der Waals surface area contributed by atoms with E-state index in [1.165, 1.54) is 0 Å². The molecule has 0 spiro atoms. The van der Waals surface area contributed by atoms with Gasteiger partial charge in [0.25, 0.3) is 0 Å². The van der Waals surface area contributed by atoms with Crippen LogP contribution in [0.4, 0.5) is 0 Å². The highest BCUT2D eigenvalue weighted by atomic mass is 35.5. The molecule has 1 rings (SSSR count). The molecule has 1 aromatic rings. The van der Waals surface area contributed by atoms with Crippen LogP contribution in [0, 0.1) is 0 Å². The van der Waals surface area contributed by atoms with Gasteiger partial charge in [0.1, 0.15) is 12.3 Å². The molecule has 90 valence electrons. The van der Waals surface area contributed by atoms with E-state index >= 15 is 0 Å². The molecule has 0 saturated heterocycles. The molecule has 0 unspecified atom stereocenters. The van der Waals surface area contributed by atoms with Gasteiger partial charge in [-0.25, -0.2) is 0 Å². The first kappa shape index (κ1) is 13.8. The van der Waals surface area contributed by atoms with E-state index in [0.29, 0.717) is 6.61 Å². The maximum absolute atomic E-state index is 6.03. The lowest BCUT2D eigenvalue weighted by molar-refractivity contribution is 0.315. The molecule has 4 heteroatoms. The van der Waals surface area contributed by atoms with Crippen LogP contribution in [0.5, 0.6) is 5.75 Å². The molecule has 0 amide bonds. The zero-order chi connectivity index (χ0) is 12.0. The molecule has 0 bridgehead atoms. The normalized spacial score (nSPS) is 11.5. The fraction of sp³-hybridized carbons (Fsp3) is 0.500. The molecule has 0 fully saturated rings. The van der Waals surface area contributed by atoms with Crippen molar-refractivity contribution in [3.8, 4) is 5.75 Å². The van der Waals surface area contributed by atoms with E-state index < -0.39 is 7.72 Å². The lowest BCUT2D eigenvalue weighted by atomic mass is 10.3. The third-order valence-electron chi connectivity index (χ3n) is 2.41. The van der Waals surface area contributed by atoms with Gasteiger partial charge in [-0.1, -0.05) is 11.6 Å². The first-order valence-corrected chi connectivity index (χ1v) is 8.00. The minimum absolute atomic E-state index is 0.697. The Morgan fingerprint density at radius 1 is 1.06 bits per heavy atom. The van der Waals surface area contributed by atoms with Crippen molar-refractivity contribution in [2.45, 2.75) is 20.8 Å². The molecular formula is C12H19ClO2P+. The molecule has 0 aliphatic heterocycles. The van der Waals surface area contributed by atoms with E-state index in [4.69, 9.17) is 20.6 Å². The molecule has 0 atom stereocenters. The summed E-state index contributed by atoms with van der Waals surface area (Å²) in [6.07, 6.45) is 1.86. The summed E-state index contributed by atoms with van der Waals surface area (Å²) >= 11 is 5.83. The predicted octanol–water partition coefficient (Wildman–Crippen LogP) is 4.64. The lowest BCUT2D eigenvalue weighted by Crippen LogP contribution is -2.10. The first-order valence-electron chi connectivity index (χ1n) is 5.62. The summed E-state index contributed by atoms with van der Waals surface area (Å²) in [5, 5.41) is 0.723. The van der Waals surface area contributed by atoms with Crippen LogP contribution in [-0.2, 0) is 4.52 Å². The van der Waals surface area contributed by atoms with E-state index in [9.17, 15) is 0 Å². The van der Waals surface area contributed by atoms with E-state index in [2.05, 4.69) is 13.8 Å². The van der Waals surface area contributed by atoms with Crippen LogP contribution >= 0.6 is 19.3 Å². The molecule has 1 aromatic carbocycles. The summed E-state index contributed by atoms with van der Waals surface area (Å²) in [6.45, 7) is 6.93. The molecule has 0 heterocycles. The van der Waals surface area contributed by atoms with Gasteiger partial charge in [-0.15, -0.1) is 0 Å². The first-order chi connectivity index (χ1) is 7.65. The van der Waals surface area contributed by atoms with Crippen LogP contribution in [0.1, 0.15) is 20.8 Å². The fourth-order valence-electron chi connectivity index (χ4n) is 1.48. The van der Waals surface area contributed by atoms with Crippen molar-refractivity contribution in [1.82, 2.24) is 0 Å². The number of hydrogen-bond donors (Lipinski definition) is 0. The van der Waals surface area contributed by atoms with Crippen LogP contribution in [0.15, 0.2) is 24.3 Å². The summed E-state index contributed by atoms with van der Waals surface area (Å²) in [4.78, 5) is 0. The van der Waals surface area contributed by atoms with Crippen LogP contribution in [0.25, 0.3) is 0 Å². The Balaban J connectivity index is 2.78. The summed E-state index contributed by atoms with van der Waals surface area (Å²) in [6, 6.07) is 7.45.